The van der Waals surface area contributed by atoms with Gasteiger partial charge in [-0.1, -0.05) is 36.8 Å². The number of morpholine rings is 1. The molecule has 4 heterocycles. The minimum absolute atomic E-state index is 0.110. The highest BCUT2D eigenvalue weighted by molar-refractivity contribution is 7.84. The molecule has 8 heteroatoms. The summed E-state index contributed by atoms with van der Waals surface area (Å²) in [6.45, 7) is 5.44. The van der Waals surface area contributed by atoms with Crippen molar-refractivity contribution in [2.45, 2.75) is 36.5 Å². The third-order valence-electron chi connectivity index (χ3n) is 7.18. The van der Waals surface area contributed by atoms with Crippen molar-refractivity contribution in [1.29, 1.82) is 0 Å². The molecule has 35 heavy (non-hydrogen) atoms. The zero-order chi connectivity index (χ0) is 23.8. The van der Waals surface area contributed by atoms with Crippen LogP contribution in [0, 0.1) is 0 Å². The molecule has 3 aliphatic rings. The Morgan fingerprint density at radius 2 is 1.69 bits per heavy atom. The molecule has 0 saturated carbocycles. The first kappa shape index (κ1) is 22.6. The van der Waals surface area contributed by atoms with Gasteiger partial charge in [0.25, 0.3) is 5.91 Å². The number of piperidine rings is 1. The van der Waals surface area contributed by atoms with Crippen LogP contribution in [0.1, 0.15) is 40.9 Å². The van der Waals surface area contributed by atoms with Crippen LogP contribution in [-0.2, 0) is 27.8 Å². The van der Waals surface area contributed by atoms with Gasteiger partial charge in [-0.3, -0.25) is 13.9 Å². The van der Waals surface area contributed by atoms with Crippen molar-refractivity contribution < 1.29 is 13.7 Å². The number of hydrogen-bond acceptors (Lipinski definition) is 5. The van der Waals surface area contributed by atoms with Gasteiger partial charge in [0.1, 0.15) is 0 Å². The van der Waals surface area contributed by atoms with E-state index in [4.69, 9.17) is 9.84 Å². The largest absolute Gasteiger partial charge is 0.378 e. The molecule has 3 aromatic rings. The molecular formula is C27H30N4O3S. The van der Waals surface area contributed by atoms with Gasteiger partial charge in [0.05, 0.1) is 41.1 Å². The second-order valence-corrected chi connectivity index (χ2v) is 10.9. The Morgan fingerprint density at radius 1 is 0.943 bits per heavy atom. The summed E-state index contributed by atoms with van der Waals surface area (Å²) in [6.07, 6.45) is 3.88. The molecule has 1 atom stereocenters. The molecule has 1 aromatic heterocycles. The van der Waals surface area contributed by atoms with Crippen molar-refractivity contribution in [3.8, 4) is 16.9 Å². The van der Waals surface area contributed by atoms with Gasteiger partial charge < -0.3 is 9.64 Å². The van der Waals surface area contributed by atoms with Crippen molar-refractivity contribution >= 4 is 16.7 Å². The average molecular weight is 491 g/mol. The highest BCUT2D eigenvalue weighted by Crippen LogP contribution is 2.39. The quantitative estimate of drug-likeness (QED) is 0.559. The lowest BCUT2D eigenvalue weighted by atomic mass is 10.0. The number of aromatic nitrogens is 2. The number of ether oxygens (including phenoxy) is 1. The number of nitrogens with zero attached hydrogens (tertiary/aromatic N) is 4. The molecule has 3 aliphatic heterocycles. The van der Waals surface area contributed by atoms with Gasteiger partial charge in [-0.05, 0) is 49.7 Å². The molecule has 2 saturated heterocycles. The highest BCUT2D eigenvalue weighted by atomic mass is 32.2. The van der Waals surface area contributed by atoms with Crippen LogP contribution < -0.4 is 0 Å². The van der Waals surface area contributed by atoms with E-state index in [-0.39, 0.29) is 5.91 Å². The van der Waals surface area contributed by atoms with Gasteiger partial charge >= 0.3 is 0 Å². The summed E-state index contributed by atoms with van der Waals surface area (Å²) >= 11 is 0. The van der Waals surface area contributed by atoms with E-state index in [1.165, 1.54) is 24.8 Å². The molecule has 0 spiro atoms. The van der Waals surface area contributed by atoms with Crippen molar-refractivity contribution in [2.24, 2.45) is 0 Å². The Labute approximate surface area is 208 Å². The van der Waals surface area contributed by atoms with E-state index >= 15 is 0 Å². The summed E-state index contributed by atoms with van der Waals surface area (Å²) in [4.78, 5) is 18.6. The Balaban J connectivity index is 1.40. The van der Waals surface area contributed by atoms with E-state index in [2.05, 4.69) is 29.2 Å². The minimum Gasteiger partial charge on any atom is -0.378 e. The topological polar surface area (TPSA) is 67.7 Å². The lowest BCUT2D eigenvalue weighted by molar-refractivity contribution is 0.0298. The van der Waals surface area contributed by atoms with Crippen LogP contribution in [0.3, 0.4) is 0 Å². The molecule has 0 N–H and O–H groups in total. The van der Waals surface area contributed by atoms with E-state index in [1.54, 1.807) is 4.90 Å². The second kappa shape index (κ2) is 9.68. The lowest BCUT2D eigenvalue weighted by Gasteiger charge is -2.26. The number of carbonyl (C=O) groups is 1. The van der Waals surface area contributed by atoms with Crippen molar-refractivity contribution in [3.63, 3.8) is 0 Å². The number of likely N-dealkylation sites (tertiary alicyclic amines) is 1. The number of hydrogen-bond donors (Lipinski definition) is 0. The third-order valence-corrected chi connectivity index (χ3v) is 8.58. The van der Waals surface area contributed by atoms with E-state index in [1.807, 2.05) is 28.9 Å². The average Bonchev–Trinajstić information content (AvgIpc) is 3.29. The fourth-order valence-corrected chi connectivity index (χ4v) is 6.66. The maximum absolute atomic E-state index is 13.5. The van der Waals surface area contributed by atoms with Crippen molar-refractivity contribution in [3.05, 3.63) is 65.4 Å². The molecule has 2 fully saturated rings. The smallest absolute Gasteiger partial charge is 0.274 e. The summed E-state index contributed by atoms with van der Waals surface area (Å²) in [5, 5.41) is 4.86. The van der Waals surface area contributed by atoms with Crippen LogP contribution in [0.5, 0.6) is 0 Å². The van der Waals surface area contributed by atoms with Gasteiger partial charge in [-0.15, -0.1) is 0 Å². The molecule has 7 nitrogen and oxygen atoms in total. The number of benzene rings is 2. The van der Waals surface area contributed by atoms with E-state index in [9.17, 15) is 9.00 Å². The first-order valence-corrected chi connectivity index (χ1v) is 13.8. The summed E-state index contributed by atoms with van der Waals surface area (Å²) < 4.78 is 20.4. The zero-order valence-electron chi connectivity index (χ0n) is 19.8. The fraction of sp³-hybridized carbons (Fsp3) is 0.407. The van der Waals surface area contributed by atoms with Crippen LogP contribution in [0.15, 0.2) is 53.4 Å². The maximum atomic E-state index is 13.5. The Hall–Kier alpha value is -2.81. The van der Waals surface area contributed by atoms with E-state index in [0.717, 1.165) is 47.0 Å². The Bertz CT molecular complexity index is 1260. The van der Waals surface area contributed by atoms with E-state index in [0.29, 0.717) is 37.8 Å². The number of carbonyl (C=O) groups excluding carboxylic acids is 1. The second-order valence-electron chi connectivity index (χ2n) is 9.48. The predicted octanol–water partition coefficient (Wildman–Crippen LogP) is 3.62. The molecule has 1 unspecified atom stereocenters. The SMILES string of the molecule is O=C(c1nn(-c2ccc(CN3CCCCC3)cc2)c2c1CS(=O)c1ccccc1-2)N1CCOCC1. The van der Waals surface area contributed by atoms with Crippen LogP contribution in [0.2, 0.25) is 0 Å². The first-order chi connectivity index (χ1) is 17.2. The van der Waals surface area contributed by atoms with Crippen LogP contribution in [-0.4, -0.2) is 69.1 Å². The molecule has 182 valence electrons. The lowest BCUT2D eigenvalue weighted by Crippen LogP contribution is -2.41. The fourth-order valence-electron chi connectivity index (χ4n) is 5.33. The van der Waals surface area contributed by atoms with Gasteiger partial charge in [0.15, 0.2) is 5.69 Å². The van der Waals surface area contributed by atoms with Gasteiger partial charge in [0, 0.05) is 35.7 Å². The summed E-state index contributed by atoms with van der Waals surface area (Å²) in [5.41, 5.74) is 5.13. The predicted molar refractivity (Wildman–Crippen MR) is 135 cm³/mol. The summed E-state index contributed by atoms with van der Waals surface area (Å²) in [5.74, 6) is 0.187. The maximum Gasteiger partial charge on any atom is 0.274 e. The van der Waals surface area contributed by atoms with Gasteiger partial charge in [-0.2, -0.15) is 5.10 Å². The number of fused-ring (bicyclic) bond motifs is 3. The van der Waals surface area contributed by atoms with Crippen LogP contribution >= 0.6 is 0 Å². The molecule has 0 aliphatic carbocycles. The van der Waals surface area contributed by atoms with E-state index < -0.39 is 10.8 Å². The minimum atomic E-state index is -1.21. The zero-order valence-corrected chi connectivity index (χ0v) is 20.6. The molecule has 1 amide bonds. The highest BCUT2D eigenvalue weighted by Gasteiger charge is 2.34. The Kier molecular flexibility index (Phi) is 6.26. The van der Waals surface area contributed by atoms with Crippen LogP contribution in [0.4, 0.5) is 0 Å². The number of rotatable bonds is 4. The molecule has 0 radical (unpaired) electrons. The molecule has 0 bridgehead atoms. The van der Waals surface area contributed by atoms with Crippen LogP contribution in [0.25, 0.3) is 16.9 Å². The van der Waals surface area contributed by atoms with Crippen molar-refractivity contribution in [1.82, 2.24) is 19.6 Å². The summed E-state index contributed by atoms with van der Waals surface area (Å²) in [6, 6.07) is 16.3. The standard InChI is InChI=1S/C27H30N4O3S/c32-27(30-14-16-34-17-15-30)25-23-19-35(33)24-7-3-2-6-22(24)26(23)31(28-25)21-10-8-20(9-11-21)18-29-12-4-1-5-13-29/h2-3,6-11H,1,4-5,12-19H2. The molecule has 2 aromatic carbocycles. The normalized spacial score (nSPS) is 20.3. The Morgan fingerprint density at radius 3 is 2.46 bits per heavy atom. The van der Waals surface area contributed by atoms with Gasteiger partial charge in [0.2, 0.25) is 0 Å². The molecule has 6 rings (SSSR count). The first-order valence-electron chi connectivity index (χ1n) is 12.5. The van der Waals surface area contributed by atoms with Gasteiger partial charge in [-0.25, -0.2) is 4.68 Å². The molecular weight excluding hydrogens is 460 g/mol. The third kappa shape index (κ3) is 4.35. The van der Waals surface area contributed by atoms with Crippen molar-refractivity contribution in [2.75, 3.05) is 39.4 Å². The summed E-state index contributed by atoms with van der Waals surface area (Å²) in [7, 11) is -1.21. The number of amides is 1. The monoisotopic (exact) mass is 490 g/mol.